The molecular weight excluding hydrogens is 649 g/mol. The Labute approximate surface area is 256 Å². The van der Waals surface area contributed by atoms with Crippen LogP contribution in [-0.4, -0.2) is 88.3 Å². The van der Waals surface area contributed by atoms with Crippen LogP contribution in [0.1, 0.15) is 12.6 Å². The molecule has 0 aliphatic rings. The first-order valence-corrected chi connectivity index (χ1v) is 16.8. The van der Waals surface area contributed by atoms with Gasteiger partial charge in [0.2, 0.25) is 5.96 Å². The predicted molar refractivity (Wildman–Crippen MR) is 159 cm³/mol. The number of aliphatic carboxylic acids is 2. The maximum Gasteiger partial charge on any atom is 0.328 e. The van der Waals surface area contributed by atoms with E-state index < -0.39 is 32.0 Å². The van der Waals surface area contributed by atoms with Gasteiger partial charge in [0.1, 0.15) is 5.69 Å². The number of carboxylic acid groups (broad SMARTS) is 2. The Balaban J connectivity index is 0.00000101. The zero-order chi connectivity index (χ0) is 32.6. The number of aliphatic imine (C=N–C) groups is 1. The third-order valence-corrected chi connectivity index (χ3v) is 9.24. The zero-order valence-corrected chi connectivity index (χ0v) is 26.5. The SMILES string of the molecule is CCON(C)S(=O)(=O)c1cccc(S(=O)(=O)NC(=NC)NCCSCc2csc([NH+]=C(N)N)n2)c1.O=C([O-])/C=C/C(=O)O. The van der Waals surface area contributed by atoms with Crippen molar-refractivity contribution < 1.29 is 46.5 Å². The maximum atomic E-state index is 12.8. The summed E-state index contributed by atoms with van der Waals surface area (Å²) >= 11 is 2.97. The molecule has 1 aromatic heterocycles. The van der Waals surface area contributed by atoms with Gasteiger partial charge in [0, 0.05) is 43.6 Å². The van der Waals surface area contributed by atoms with E-state index in [1.807, 2.05) is 5.38 Å². The molecule has 21 heteroatoms. The lowest BCUT2D eigenvalue weighted by Gasteiger charge is -2.17. The van der Waals surface area contributed by atoms with Gasteiger partial charge in [-0.15, -0.1) is 4.98 Å². The second-order valence-corrected chi connectivity index (χ2v) is 13.3. The van der Waals surface area contributed by atoms with Crippen LogP contribution in [0.5, 0.6) is 0 Å². The first kappa shape index (κ1) is 37.3. The van der Waals surface area contributed by atoms with Crippen LogP contribution in [0.4, 0.5) is 5.13 Å². The fraction of sp³-hybridized carbons (Fsp3) is 0.318. The first-order chi connectivity index (χ1) is 20.1. The van der Waals surface area contributed by atoms with Crippen LogP contribution in [-0.2, 0) is 40.2 Å². The van der Waals surface area contributed by atoms with Crippen LogP contribution >= 0.6 is 23.1 Å². The van der Waals surface area contributed by atoms with Crippen molar-refractivity contribution in [1.29, 1.82) is 0 Å². The summed E-state index contributed by atoms with van der Waals surface area (Å²) in [5, 5.41) is 22.6. The number of carbonyl (C=O) groups is 2. The fourth-order valence-corrected chi connectivity index (χ4v) is 6.46. The molecule has 0 saturated heterocycles. The Hall–Kier alpha value is -3.76. The van der Waals surface area contributed by atoms with Crippen molar-refractivity contribution >= 4 is 72.1 Å². The topological polar surface area (TPSA) is 274 Å². The summed E-state index contributed by atoms with van der Waals surface area (Å²) in [5.74, 6) is -1.42. The maximum absolute atomic E-state index is 12.8. The Bertz CT molecular complexity index is 1520. The summed E-state index contributed by atoms with van der Waals surface area (Å²) < 4.78 is 53.8. The van der Waals surface area contributed by atoms with Crippen molar-refractivity contribution in [3.63, 3.8) is 0 Å². The lowest BCUT2D eigenvalue weighted by molar-refractivity contribution is -0.355. The van der Waals surface area contributed by atoms with Gasteiger partial charge in [-0.25, -0.2) is 31.3 Å². The Morgan fingerprint density at radius 2 is 1.93 bits per heavy atom. The molecule has 0 spiro atoms. The summed E-state index contributed by atoms with van der Waals surface area (Å²) in [5.41, 5.74) is 11.6. The molecule has 2 rings (SSSR count). The molecule has 0 amide bonds. The number of thiazole rings is 1. The van der Waals surface area contributed by atoms with Crippen molar-refractivity contribution in [3.8, 4) is 0 Å². The number of nitrogens with zero attached hydrogens (tertiary/aromatic N) is 3. The van der Waals surface area contributed by atoms with Crippen molar-refractivity contribution in [2.45, 2.75) is 22.5 Å². The van der Waals surface area contributed by atoms with E-state index in [9.17, 15) is 31.5 Å². The Kier molecular flexibility index (Phi) is 15.6. The van der Waals surface area contributed by atoms with Gasteiger partial charge in [0.15, 0.2) is 0 Å². The molecule has 0 atom stereocenters. The van der Waals surface area contributed by atoms with E-state index in [1.165, 1.54) is 43.6 Å². The van der Waals surface area contributed by atoms with Gasteiger partial charge in [-0.3, -0.25) is 9.83 Å². The van der Waals surface area contributed by atoms with E-state index in [-0.39, 0.29) is 28.3 Å². The lowest BCUT2D eigenvalue weighted by atomic mass is 10.4. The highest BCUT2D eigenvalue weighted by Gasteiger charge is 2.24. The molecule has 0 saturated carbocycles. The number of carbonyl (C=O) groups excluding carboxylic acids is 1. The highest BCUT2D eigenvalue weighted by molar-refractivity contribution is 7.98. The van der Waals surface area contributed by atoms with Gasteiger partial charge >= 0.3 is 11.9 Å². The molecule has 8 N–H and O–H groups in total. The van der Waals surface area contributed by atoms with E-state index in [4.69, 9.17) is 21.4 Å². The molecule has 1 heterocycles. The van der Waals surface area contributed by atoms with Gasteiger partial charge in [-0.05, 0) is 31.2 Å². The van der Waals surface area contributed by atoms with E-state index in [0.717, 1.165) is 11.8 Å². The molecule has 238 valence electrons. The number of hydroxylamine groups is 1. The molecule has 0 aliphatic carbocycles. The molecule has 0 aliphatic heterocycles. The third-order valence-electron chi connectivity index (χ3n) is 4.47. The number of nitrogens with one attached hydrogen (secondary N) is 3. The summed E-state index contributed by atoms with van der Waals surface area (Å²) in [6.45, 7) is 2.20. The molecular formula is C22H32N8O9S4. The second kappa shape index (κ2) is 18.0. The highest BCUT2D eigenvalue weighted by Crippen LogP contribution is 2.19. The number of hydrogen-bond acceptors (Lipinski definition) is 12. The Morgan fingerprint density at radius 3 is 2.49 bits per heavy atom. The van der Waals surface area contributed by atoms with E-state index in [1.54, 1.807) is 18.7 Å². The molecule has 0 fully saturated rings. The van der Waals surface area contributed by atoms with Gasteiger partial charge in [0.05, 0.1) is 22.4 Å². The average Bonchev–Trinajstić information content (AvgIpc) is 3.37. The van der Waals surface area contributed by atoms with E-state index in [2.05, 4.69) is 25.0 Å². The number of guanidine groups is 2. The highest BCUT2D eigenvalue weighted by atomic mass is 32.2. The van der Waals surface area contributed by atoms with Gasteiger partial charge in [-0.1, -0.05) is 21.9 Å². The minimum Gasteiger partial charge on any atom is -0.545 e. The monoisotopic (exact) mass is 680 g/mol. The van der Waals surface area contributed by atoms with Gasteiger partial charge in [-0.2, -0.15) is 11.8 Å². The van der Waals surface area contributed by atoms with E-state index >= 15 is 0 Å². The summed E-state index contributed by atoms with van der Waals surface area (Å²) in [4.78, 5) is 34.5. The quantitative estimate of drug-likeness (QED) is 0.0379. The minimum absolute atomic E-state index is 0.0272. The second-order valence-electron chi connectivity index (χ2n) is 7.68. The molecule has 17 nitrogen and oxygen atoms in total. The van der Waals surface area contributed by atoms with Crippen molar-refractivity contribution in [2.75, 3.05) is 33.0 Å². The predicted octanol–water partition coefficient (Wildman–Crippen LogP) is -3.14. The van der Waals surface area contributed by atoms with Crippen LogP contribution in [0.3, 0.4) is 0 Å². The number of hydrogen-bond donors (Lipinski definition) is 6. The largest absolute Gasteiger partial charge is 0.545 e. The minimum atomic E-state index is -4.10. The molecule has 0 radical (unpaired) electrons. The fourth-order valence-electron chi connectivity index (χ4n) is 2.66. The summed E-state index contributed by atoms with van der Waals surface area (Å²) in [6.07, 6.45) is 0.942. The number of sulfonamides is 2. The summed E-state index contributed by atoms with van der Waals surface area (Å²) in [6, 6.07) is 4.98. The number of rotatable bonds is 14. The zero-order valence-electron chi connectivity index (χ0n) is 23.2. The van der Waals surface area contributed by atoms with E-state index in [0.29, 0.717) is 39.8 Å². The summed E-state index contributed by atoms with van der Waals surface area (Å²) in [7, 11) is -5.45. The van der Waals surface area contributed by atoms with Crippen molar-refractivity contribution in [1.82, 2.24) is 19.5 Å². The van der Waals surface area contributed by atoms with Crippen molar-refractivity contribution in [3.05, 3.63) is 47.5 Å². The van der Waals surface area contributed by atoms with Crippen LogP contribution in [0, 0.1) is 0 Å². The normalized spacial score (nSPS) is 12.0. The van der Waals surface area contributed by atoms with Crippen LogP contribution in [0.15, 0.2) is 56.6 Å². The smallest absolute Gasteiger partial charge is 0.328 e. The number of nitrogens with two attached hydrogens (primary N) is 2. The molecule has 2 aromatic rings. The van der Waals surface area contributed by atoms with Crippen molar-refractivity contribution in [2.24, 2.45) is 16.5 Å². The molecule has 0 bridgehead atoms. The number of benzene rings is 1. The van der Waals surface area contributed by atoms with Crippen LogP contribution in [0.25, 0.3) is 0 Å². The van der Waals surface area contributed by atoms with Crippen LogP contribution < -0.4 is 31.6 Å². The first-order valence-electron chi connectivity index (χ1n) is 11.9. The lowest BCUT2D eigenvalue weighted by Crippen LogP contribution is -2.72. The van der Waals surface area contributed by atoms with Gasteiger partial charge in [0.25, 0.3) is 25.2 Å². The average molecular weight is 681 g/mol. The molecule has 0 unspecified atom stereocenters. The number of aromatic nitrogens is 1. The number of thioether (sulfide) groups is 1. The van der Waals surface area contributed by atoms with Crippen LogP contribution in [0.2, 0.25) is 0 Å². The molecule has 1 aromatic carbocycles. The third kappa shape index (κ3) is 13.8. The number of carboxylic acids is 2. The molecule has 43 heavy (non-hydrogen) atoms. The standard InChI is InChI=1S/C18H28N8O5S4.C4H4O4/c1-4-31-26(3)35(29,30)15-7-5-6-14(10-15)34(27,28)25-17(21-2)22-8-9-32-11-13-12-33-18(23-13)24-16(19)20;5-3(6)1-2-4(7)8/h5-7,10,12H,4,8-9,11H2,1-3H3,(H2,21,22,25)(H4,19,20,23,24);1-2H,(H,5,6)(H,7,8)/b;2-1+. The Morgan fingerprint density at radius 1 is 1.26 bits per heavy atom. The van der Waals surface area contributed by atoms with Gasteiger partial charge < -0.3 is 31.8 Å².